The normalized spacial score (nSPS) is 11.4. The number of benzene rings is 3. The highest BCUT2D eigenvalue weighted by molar-refractivity contribution is 5.97. The molecular weight excluding hydrogens is 448 g/mol. The molecule has 0 aliphatic carbocycles. The number of rotatable bonds is 9. The van der Waals surface area contributed by atoms with Crippen molar-refractivity contribution in [3.63, 3.8) is 0 Å². The van der Waals surface area contributed by atoms with Gasteiger partial charge in [-0.15, -0.1) is 0 Å². The lowest BCUT2D eigenvalue weighted by Gasteiger charge is -2.18. The fourth-order valence-electron chi connectivity index (χ4n) is 3.34. The van der Waals surface area contributed by atoms with Crippen molar-refractivity contribution in [3.8, 4) is 11.5 Å². The zero-order valence-electron chi connectivity index (χ0n) is 19.3. The number of anilines is 1. The van der Waals surface area contributed by atoms with Gasteiger partial charge in [0.25, 0.3) is 5.91 Å². The molecule has 0 spiro atoms. The first-order valence-electron chi connectivity index (χ1n) is 10.9. The summed E-state index contributed by atoms with van der Waals surface area (Å²) in [6.07, 6.45) is -1.21. The third kappa shape index (κ3) is 6.05. The average Bonchev–Trinajstić information content (AvgIpc) is 3.31. The van der Waals surface area contributed by atoms with Crippen LogP contribution in [0.1, 0.15) is 33.3 Å². The number of hydrogen-bond acceptors (Lipinski definition) is 7. The zero-order valence-corrected chi connectivity index (χ0v) is 19.3. The smallest absolute Gasteiger partial charge is 0.339 e. The molecule has 1 amide bonds. The standard InChI is InChI=1S/C27H24N2O6/c1-18-15-24(29-35-18)28-26(30)25(20-11-7-4-8-12-20)34-27(31)21-13-14-22(23(16-21)32-2)33-17-19-9-5-3-6-10-19/h3-16,25H,17H2,1-2H3,(H,28,29,30). The average molecular weight is 472 g/mol. The summed E-state index contributed by atoms with van der Waals surface area (Å²) in [5.74, 6) is 0.355. The molecule has 1 atom stereocenters. The molecule has 0 saturated carbocycles. The van der Waals surface area contributed by atoms with Crippen LogP contribution in [0, 0.1) is 6.92 Å². The van der Waals surface area contributed by atoms with Gasteiger partial charge in [-0.2, -0.15) is 0 Å². The number of esters is 1. The van der Waals surface area contributed by atoms with Crippen molar-refractivity contribution in [2.45, 2.75) is 19.6 Å². The first-order valence-corrected chi connectivity index (χ1v) is 10.9. The summed E-state index contributed by atoms with van der Waals surface area (Å²) in [7, 11) is 1.49. The van der Waals surface area contributed by atoms with Crippen LogP contribution in [0.15, 0.2) is 89.5 Å². The summed E-state index contributed by atoms with van der Waals surface area (Å²) in [6, 6.07) is 24.7. The van der Waals surface area contributed by atoms with Crippen molar-refractivity contribution < 1.29 is 28.3 Å². The van der Waals surface area contributed by atoms with Gasteiger partial charge in [-0.1, -0.05) is 65.8 Å². The molecule has 1 heterocycles. The molecule has 4 rings (SSSR count). The molecule has 178 valence electrons. The number of nitrogens with one attached hydrogen (secondary N) is 1. The van der Waals surface area contributed by atoms with Gasteiger partial charge in [-0.3, -0.25) is 4.79 Å². The maximum Gasteiger partial charge on any atom is 0.339 e. The zero-order chi connectivity index (χ0) is 24.6. The van der Waals surface area contributed by atoms with Gasteiger partial charge in [0, 0.05) is 11.6 Å². The number of ether oxygens (including phenoxy) is 3. The second-order valence-corrected chi connectivity index (χ2v) is 7.65. The van der Waals surface area contributed by atoms with Crippen molar-refractivity contribution in [2.24, 2.45) is 0 Å². The van der Waals surface area contributed by atoms with Crippen LogP contribution in [0.3, 0.4) is 0 Å². The quantitative estimate of drug-likeness (QED) is 0.338. The van der Waals surface area contributed by atoms with Gasteiger partial charge >= 0.3 is 5.97 Å². The van der Waals surface area contributed by atoms with Crippen LogP contribution >= 0.6 is 0 Å². The molecule has 0 bridgehead atoms. The minimum absolute atomic E-state index is 0.208. The van der Waals surface area contributed by atoms with E-state index < -0.39 is 18.0 Å². The number of carbonyl (C=O) groups is 2. The highest BCUT2D eigenvalue weighted by atomic mass is 16.5. The number of hydrogen-bond donors (Lipinski definition) is 1. The van der Waals surface area contributed by atoms with E-state index in [-0.39, 0.29) is 11.4 Å². The number of aromatic nitrogens is 1. The van der Waals surface area contributed by atoms with Crippen molar-refractivity contribution in [1.82, 2.24) is 5.16 Å². The molecule has 35 heavy (non-hydrogen) atoms. The first kappa shape index (κ1) is 23.6. The number of aryl methyl sites for hydroxylation is 1. The predicted octanol–water partition coefficient (Wildman–Crippen LogP) is 5.11. The molecule has 0 aliphatic rings. The van der Waals surface area contributed by atoms with Crippen molar-refractivity contribution in [1.29, 1.82) is 0 Å². The van der Waals surface area contributed by atoms with Gasteiger partial charge in [0.15, 0.2) is 17.3 Å². The molecule has 3 aromatic carbocycles. The Morgan fingerprint density at radius 3 is 2.31 bits per heavy atom. The Labute approximate surface area is 202 Å². The predicted molar refractivity (Wildman–Crippen MR) is 128 cm³/mol. The van der Waals surface area contributed by atoms with Crippen LogP contribution in [0.2, 0.25) is 0 Å². The maximum absolute atomic E-state index is 13.0. The lowest BCUT2D eigenvalue weighted by atomic mass is 10.1. The Kier molecular flexibility index (Phi) is 7.42. The van der Waals surface area contributed by atoms with Crippen LogP contribution < -0.4 is 14.8 Å². The van der Waals surface area contributed by atoms with E-state index in [2.05, 4.69) is 10.5 Å². The molecule has 1 unspecified atom stereocenters. The summed E-state index contributed by atoms with van der Waals surface area (Å²) < 4.78 is 21.9. The van der Waals surface area contributed by atoms with E-state index in [0.29, 0.717) is 29.4 Å². The van der Waals surface area contributed by atoms with Gasteiger partial charge in [0.1, 0.15) is 12.4 Å². The number of methoxy groups -OCH3 is 1. The summed E-state index contributed by atoms with van der Waals surface area (Å²) in [6.45, 7) is 2.05. The molecular formula is C27H24N2O6. The second kappa shape index (κ2) is 11.0. The summed E-state index contributed by atoms with van der Waals surface area (Å²) in [5.41, 5.74) is 1.71. The summed E-state index contributed by atoms with van der Waals surface area (Å²) in [5, 5.41) is 6.38. The highest BCUT2D eigenvalue weighted by Crippen LogP contribution is 2.30. The highest BCUT2D eigenvalue weighted by Gasteiger charge is 2.27. The Morgan fingerprint density at radius 2 is 1.66 bits per heavy atom. The van der Waals surface area contributed by atoms with Crippen LogP contribution in [0.25, 0.3) is 0 Å². The number of amides is 1. The third-order valence-corrected chi connectivity index (χ3v) is 5.08. The molecule has 0 saturated heterocycles. The van der Waals surface area contributed by atoms with E-state index in [1.165, 1.54) is 13.2 Å². The van der Waals surface area contributed by atoms with Gasteiger partial charge < -0.3 is 24.1 Å². The maximum atomic E-state index is 13.0. The largest absolute Gasteiger partial charge is 0.493 e. The lowest BCUT2D eigenvalue weighted by Crippen LogP contribution is -2.26. The van der Waals surface area contributed by atoms with E-state index in [1.54, 1.807) is 55.5 Å². The second-order valence-electron chi connectivity index (χ2n) is 7.65. The van der Waals surface area contributed by atoms with Gasteiger partial charge in [-0.25, -0.2) is 4.79 Å². The molecule has 0 aliphatic heterocycles. The summed E-state index contributed by atoms with van der Waals surface area (Å²) >= 11 is 0. The number of nitrogens with zero attached hydrogens (tertiary/aromatic N) is 1. The fourth-order valence-corrected chi connectivity index (χ4v) is 3.34. The minimum atomic E-state index is -1.21. The van der Waals surface area contributed by atoms with Crippen LogP contribution in [-0.2, 0) is 16.1 Å². The molecule has 1 aromatic heterocycles. The van der Waals surface area contributed by atoms with Gasteiger partial charge in [-0.05, 0) is 30.7 Å². The fraction of sp³-hybridized carbons (Fsp3) is 0.148. The Balaban J connectivity index is 1.51. The topological polar surface area (TPSA) is 99.9 Å². The molecule has 8 heteroatoms. The summed E-state index contributed by atoms with van der Waals surface area (Å²) in [4.78, 5) is 26.0. The van der Waals surface area contributed by atoms with Crippen molar-refractivity contribution in [2.75, 3.05) is 12.4 Å². The molecule has 8 nitrogen and oxygen atoms in total. The van der Waals surface area contributed by atoms with Crippen LogP contribution in [-0.4, -0.2) is 24.1 Å². The minimum Gasteiger partial charge on any atom is -0.493 e. The van der Waals surface area contributed by atoms with E-state index in [9.17, 15) is 9.59 Å². The Morgan fingerprint density at radius 1 is 0.943 bits per heavy atom. The van der Waals surface area contributed by atoms with Crippen molar-refractivity contribution in [3.05, 3.63) is 107 Å². The molecule has 1 N–H and O–H groups in total. The van der Waals surface area contributed by atoms with Crippen LogP contribution in [0.5, 0.6) is 11.5 Å². The molecule has 4 aromatic rings. The van der Waals surface area contributed by atoms with Crippen molar-refractivity contribution >= 4 is 17.7 Å². The Hall–Kier alpha value is -4.59. The monoisotopic (exact) mass is 472 g/mol. The van der Waals surface area contributed by atoms with E-state index in [0.717, 1.165) is 5.56 Å². The first-order chi connectivity index (χ1) is 17.0. The number of carbonyl (C=O) groups excluding carboxylic acids is 2. The van der Waals surface area contributed by atoms with E-state index in [1.807, 2.05) is 30.3 Å². The lowest BCUT2D eigenvalue weighted by molar-refractivity contribution is -0.125. The van der Waals surface area contributed by atoms with Gasteiger partial charge in [0.05, 0.1) is 12.7 Å². The van der Waals surface area contributed by atoms with E-state index >= 15 is 0 Å². The molecule has 0 radical (unpaired) electrons. The van der Waals surface area contributed by atoms with Gasteiger partial charge in [0.2, 0.25) is 6.10 Å². The Bertz CT molecular complexity index is 1290. The van der Waals surface area contributed by atoms with Crippen LogP contribution in [0.4, 0.5) is 5.82 Å². The third-order valence-electron chi connectivity index (χ3n) is 5.08. The van der Waals surface area contributed by atoms with E-state index in [4.69, 9.17) is 18.7 Å². The SMILES string of the molecule is COc1cc(C(=O)OC(C(=O)Nc2cc(C)on2)c2ccccc2)ccc1OCc1ccccc1. The molecule has 0 fully saturated rings.